The molecular formula is C14H17N3. The Morgan fingerprint density at radius 1 is 1.12 bits per heavy atom. The molecule has 0 aliphatic rings. The molecule has 2 aromatic rings. The summed E-state index contributed by atoms with van der Waals surface area (Å²) in [5.74, 6) is 1.40. The summed E-state index contributed by atoms with van der Waals surface area (Å²) in [7, 11) is 0. The Bertz CT molecular complexity index is 506. The lowest BCUT2D eigenvalue weighted by atomic mass is 10.1. The highest BCUT2D eigenvalue weighted by molar-refractivity contribution is 5.41. The standard InChI is InChI=1S/C14H17N3/c1-3-12-10(2)14(15)17-13(16-12)9-11-7-5-4-6-8-11/h4-8H,3,9H2,1-2H3,(H2,15,16,17). The van der Waals surface area contributed by atoms with Crippen LogP contribution < -0.4 is 5.73 Å². The van der Waals surface area contributed by atoms with Crippen molar-refractivity contribution in [3.05, 3.63) is 53.0 Å². The number of nitrogen functional groups attached to an aromatic ring is 1. The summed E-state index contributed by atoms with van der Waals surface area (Å²) in [6.45, 7) is 4.06. The van der Waals surface area contributed by atoms with Crippen LogP contribution in [0.25, 0.3) is 0 Å². The minimum atomic E-state index is 0.600. The van der Waals surface area contributed by atoms with E-state index in [-0.39, 0.29) is 0 Å². The molecule has 3 heteroatoms. The van der Waals surface area contributed by atoms with Gasteiger partial charge in [0, 0.05) is 17.7 Å². The van der Waals surface area contributed by atoms with Crippen LogP contribution in [0.5, 0.6) is 0 Å². The van der Waals surface area contributed by atoms with E-state index in [9.17, 15) is 0 Å². The molecule has 2 N–H and O–H groups in total. The summed E-state index contributed by atoms with van der Waals surface area (Å²) >= 11 is 0. The second-order valence-electron chi connectivity index (χ2n) is 4.11. The van der Waals surface area contributed by atoms with Crippen LogP contribution in [0.4, 0.5) is 5.82 Å². The third kappa shape index (κ3) is 2.61. The van der Waals surface area contributed by atoms with Crippen LogP contribution in [0.15, 0.2) is 30.3 Å². The highest BCUT2D eigenvalue weighted by atomic mass is 15.0. The minimum Gasteiger partial charge on any atom is -0.383 e. The average molecular weight is 227 g/mol. The maximum Gasteiger partial charge on any atom is 0.135 e. The fraction of sp³-hybridized carbons (Fsp3) is 0.286. The predicted molar refractivity (Wildman–Crippen MR) is 69.8 cm³/mol. The Morgan fingerprint density at radius 2 is 1.82 bits per heavy atom. The maximum atomic E-state index is 5.90. The zero-order chi connectivity index (χ0) is 12.3. The molecule has 2 rings (SSSR count). The van der Waals surface area contributed by atoms with Crippen molar-refractivity contribution in [1.29, 1.82) is 0 Å². The molecule has 1 aromatic carbocycles. The summed E-state index contributed by atoms with van der Waals surface area (Å²) in [6, 6.07) is 10.2. The minimum absolute atomic E-state index is 0.600. The van der Waals surface area contributed by atoms with Gasteiger partial charge in [-0.2, -0.15) is 0 Å². The molecule has 0 unspecified atom stereocenters. The fourth-order valence-corrected chi connectivity index (χ4v) is 1.84. The van der Waals surface area contributed by atoms with Gasteiger partial charge in [0.15, 0.2) is 0 Å². The lowest BCUT2D eigenvalue weighted by molar-refractivity contribution is 0.895. The Morgan fingerprint density at radius 3 is 2.47 bits per heavy atom. The molecule has 0 atom stereocenters. The van der Waals surface area contributed by atoms with E-state index in [1.54, 1.807) is 0 Å². The molecule has 0 radical (unpaired) electrons. The van der Waals surface area contributed by atoms with Gasteiger partial charge in [0.2, 0.25) is 0 Å². The van der Waals surface area contributed by atoms with Crippen LogP contribution in [-0.4, -0.2) is 9.97 Å². The first kappa shape index (κ1) is 11.6. The van der Waals surface area contributed by atoms with Crippen molar-refractivity contribution in [2.75, 3.05) is 5.73 Å². The van der Waals surface area contributed by atoms with Crippen molar-refractivity contribution in [2.24, 2.45) is 0 Å². The van der Waals surface area contributed by atoms with Gasteiger partial charge in [-0.3, -0.25) is 0 Å². The third-order valence-electron chi connectivity index (χ3n) is 2.87. The van der Waals surface area contributed by atoms with Gasteiger partial charge < -0.3 is 5.73 Å². The number of nitrogens with two attached hydrogens (primary N) is 1. The van der Waals surface area contributed by atoms with E-state index in [2.05, 4.69) is 29.0 Å². The van der Waals surface area contributed by atoms with Gasteiger partial charge in [-0.15, -0.1) is 0 Å². The van der Waals surface area contributed by atoms with Crippen LogP contribution in [0, 0.1) is 6.92 Å². The summed E-state index contributed by atoms with van der Waals surface area (Å²) in [4.78, 5) is 8.90. The quantitative estimate of drug-likeness (QED) is 0.876. The predicted octanol–water partition coefficient (Wildman–Crippen LogP) is 2.52. The summed E-state index contributed by atoms with van der Waals surface area (Å²) in [5.41, 5.74) is 9.15. The number of rotatable bonds is 3. The van der Waals surface area contributed by atoms with E-state index in [4.69, 9.17) is 5.73 Å². The lowest BCUT2D eigenvalue weighted by Crippen LogP contribution is -2.07. The van der Waals surface area contributed by atoms with Crippen molar-refractivity contribution in [3.63, 3.8) is 0 Å². The summed E-state index contributed by atoms with van der Waals surface area (Å²) in [6.07, 6.45) is 1.62. The molecule has 1 aromatic heterocycles. The topological polar surface area (TPSA) is 51.8 Å². The Balaban J connectivity index is 2.31. The SMILES string of the molecule is CCc1nc(Cc2ccccc2)nc(N)c1C. The van der Waals surface area contributed by atoms with Crippen molar-refractivity contribution in [3.8, 4) is 0 Å². The molecule has 0 fully saturated rings. The molecule has 3 nitrogen and oxygen atoms in total. The van der Waals surface area contributed by atoms with Gasteiger partial charge in [0.1, 0.15) is 11.6 Å². The second kappa shape index (κ2) is 4.95. The van der Waals surface area contributed by atoms with E-state index < -0.39 is 0 Å². The van der Waals surface area contributed by atoms with Crippen LogP contribution in [0.3, 0.4) is 0 Å². The van der Waals surface area contributed by atoms with E-state index >= 15 is 0 Å². The van der Waals surface area contributed by atoms with Crippen molar-refractivity contribution < 1.29 is 0 Å². The normalized spacial score (nSPS) is 10.5. The number of hydrogen-bond acceptors (Lipinski definition) is 3. The van der Waals surface area contributed by atoms with E-state index in [0.29, 0.717) is 5.82 Å². The van der Waals surface area contributed by atoms with Gasteiger partial charge >= 0.3 is 0 Å². The molecule has 0 bridgehead atoms. The van der Waals surface area contributed by atoms with Gasteiger partial charge in [0.25, 0.3) is 0 Å². The molecule has 17 heavy (non-hydrogen) atoms. The molecule has 88 valence electrons. The van der Waals surface area contributed by atoms with Crippen molar-refractivity contribution in [2.45, 2.75) is 26.7 Å². The molecule has 0 saturated carbocycles. The van der Waals surface area contributed by atoms with Gasteiger partial charge in [-0.05, 0) is 18.9 Å². The summed E-state index contributed by atoms with van der Waals surface area (Å²) in [5, 5.41) is 0. The average Bonchev–Trinajstić information content (AvgIpc) is 2.35. The molecule has 0 amide bonds. The van der Waals surface area contributed by atoms with Crippen molar-refractivity contribution >= 4 is 5.82 Å². The Labute approximate surface area is 102 Å². The van der Waals surface area contributed by atoms with Crippen LogP contribution in [-0.2, 0) is 12.8 Å². The first-order chi connectivity index (χ1) is 8.20. The molecular weight excluding hydrogens is 210 g/mol. The van der Waals surface area contributed by atoms with Crippen LogP contribution in [0.2, 0.25) is 0 Å². The Hall–Kier alpha value is -1.90. The first-order valence-electron chi connectivity index (χ1n) is 5.86. The number of aromatic nitrogens is 2. The highest BCUT2D eigenvalue weighted by Crippen LogP contribution is 2.14. The summed E-state index contributed by atoms with van der Waals surface area (Å²) < 4.78 is 0. The highest BCUT2D eigenvalue weighted by Gasteiger charge is 2.07. The molecule has 0 aliphatic heterocycles. The molecule has 0 saturated heterocycles. The zero-order valence-corrected chi connectivity index (χ0v) is 10.3. The zero-order valence-electron chi connectivity index (χ0n) is 10.3. The molecule has 0 aliphatic carbocycles. The Kier molecular flexibility index (Phi) is 3.38. The number of hydrogen-bond donors (Lipinski definition) is 1. The smallest absolute Gasteiger partial charge is 0.135 e. The van der Waals surface area contributed by atoms with Gasteiger partial charge in [0.05, 0.1) is 0 Å². The van der Waals surface area contributed by atoms with Crippen LogP contribution in [0.1, 0.15) is 29.6 Å². The number of nitrogens with zero attached hydrogens (tertiary/aromatic N) is 2. The second-order valence-corrected chi connectivity index (χ2v) is 4.11. The molecule has 0 spiro atoms. The van der Waals surface area contributed by atoms with E-state index in [1.165, 1.54) is 5.56 Å². The number of anilines is 1. The maximum absolute atomic E-state index is 5.90. The number of aryl methyl sites for hydroxylation is 1. The fourth-order valence-electron chi connectivity index (χ4n) is 1.84. The monoisotopic (exact) mass is 227 g/mol. The van der Waals surface area contributed by atoms with E-state index in [1.807, 2.05) is 25.1 Å². The van der Waals surface area contributed by atoms with Gasteiger partial charge in [-0.25, -0.2) is 9.97 Å². The first-order valence-corrected chi connectivity index (χ1v) is 5.86. The van der Waals surface area contributed by atoms with E-state index in [0.717, 1.165) is 29.9 Å². The third-order valence-corrected chi connectivity index (χ3v) is 2.87. The molecule has 1 heterocycles. The van der Waals surface area contributed by atoms with Crippen LogP contribution >= 0.6 is 0 Å². The largest absolute Gasteiger partial charge is 0.383 e. The lowest BCUT2D eigenvalue weighted by Gasteiger charge is -2.08. The van der Waals surface area contributed by atoms with Crippen molar-refractivity contribution in [1.82, 2.24) is 9.97 Å². The number of benzene rings is 1. The van der Waals surface area contributed by atoms with Gasteiger partial charge in [-0.1, -0.05) is 37.3 Å².